The first-order valence-corrected chi connectivity index (χ1v) is 8.53. The van der Waals surface area contributed by atoms with Gasteiger partial charge < -0.3 is 4.74 Å². The van der Waals surface area contributed by atoms with Crippen molar-refractivity contribution in [3.05, 3.63) is 89.2 Å². The molecule has 0 radical (unpaired) electrons. The molecule has 2 rings (SSSR count). The maximum Gasteiger partial charge on any atom is 0.335 e. The largest absolute Gasteiger partial charge is 0.431 e. The van der Waals surface area contributed by atoms with Crippen LogP contribution < -0.4 is 0 Å². The first-order valence-electron chi connectivity index (χ1n) is 8.53. The Kier molecular flexibility index (Phi) is 6.35. The lowest BCUT2D eigenvalue weighted by molar-refractivity contribution is -0.132. The van der Waals surface area contributed by atoms with E-state index in [9.17, 15) is 4.79 Å². The van der Waals surface area contributed by atoms with Crippen molar-refractivity contribution in [3.8, 4) is 0 Å². The van der Waals surface area contributed by atoms with Crippen molar-refractivity contribution >= 4 is 12.0 Å². The summed E-state index contributed by atoms with van der Waals surface area (Å²) in [4.78, 5) is 11.8. The Morgan fingerprint density at radius 3 is 2.24 bits per heavy atom. The van der Waals surface area contributed by atoms with Crippen LogP contribution in [0.25, 0.3) is 6.08 Å². The third-order valence-corrected chi connectivity index (χ3v) is 3.89. The fourth-order valence-corrected chi connectivity index (χ4v) is 2.41. The Hall–Kier alpha value is -2.61. The highest BCUT2D eigenvalue weighted by Gasteiger charge is 2.12. The van der Waals surface area contributed by atoms with Crippen molar-refractivity contribution in [1.82, 2.24) is 0 Å². The third kappa shape index (κ3) is 6.42. The van der Waals surface area contributed by atoms with Crippen LogP contribution in [0.2, 0.25) is 0 Å². The zero-order valence-electron chi connectivity index (χ0n) is 15.5. The number of hydrogen-bond acceptors (Lipinski definition) is 2. The number of allylic oxidation sites excluding steroid dienone is 1. The lowest BCUT2D eigenvalue weighted by Crippen LogP contribution is -2.10. The minimum absolute atomic E-state index is 0.157. The summed E-state index contributed by atoms with van der Waals surface area (Å²) in [7, 11) is 0. The molecule has 0 aliphatic heterocycles. The second-order valence-corrected chi connectivity index (χ2v) is 7.27. The maximum atomic E-state index is 11.8. The second-order valence-electron chi connectivity index (χ2n) is 7.27. The van der Waals surface area contributed by atoms with Gasteiger partial charge in [0.25, 0.3) is 0 Å². The molecule has 2 heteroatoms. The second kappa shape index (κ2) is 8.48. The molecule has 2 aromatic rings. The van der Waals surface area contributed by atoms with Gasteiger partial charge in [0.05, 0.1) is 6.26 Å². The van der Waals surface area contributed by atoms with Crippen molar-refractivity contribution in [2.75, 3.05) is 0 Å². The molecule has 0 bridgehead atoms. The molecule has 130 valence electrons. The van der Waals surface area contributed by atoms with Crippen LogP contribution in [0.1, 0.15) is 44.4 Å². The zero-order valence-corrected chi connectivity index (χ0v) is 15.5. The first-order chi connectivity index (χ1) is 11.8. The molecule has 0 aliphatic rings. The summed E-state index contributed by atoms with van der Waals surface area (Å²) in [6, 6.07) is 18.3. The summed E-state index contributed by atoms with van der Waals surface area (Å²) in [6.07, 6.45) is 5.49. The van der Waals surface area contributed by atoms with Gasteiger partial charge in [-0.05, 0) is 47.1 Å². The van der Waals surface area contributed by atoms with Crippen LogP contribution in [-0.4, -0.2) is 5.97 Å². The van der Waals surface area contributed by atoms with Crippen molar-refractivity contribution in [2.24, 2.45) is 0 Å². The van der Waals surface area contributed by atoms with Crippen LogP contribution in [0.4, 0.5) is 0 Å². The average molecular weight is 334 g/mol. The Morgan fingerprint density at radius 1 is 1.00 bits per heavy atom. The van der Waals surface area contributed by atoms with Gasteiger partial charge in [-0.25, -0.2) is 4.79 Å². The lowest BCUT2D eigenvalue weighted by Gasteiger charge is -2.19. The van der Waals surface area contributed by atoms with E-state index in [1.54, 1.807) is 6.08 Å². The molecule has 2 aromatic carbocycles. The Morgan fingerprint density at radius 2 is 1.64 bits per heavy atom. The van der Waals surface area contributed by atoms with Gasteiger partial charge >= 0.3 is 5.97 Å². The third-order valence-electron chi connectivity index (χ3n) is 3.89. The number of carbonyl (C=O) groups is 1. The van der Waals surface area contributed by atoms with Gasteiger partial charge in [0.1, 0.15) is 0 Å². The highest BCUT2D eigenvalue weighted by atomic mass is 16.5. The molecule has 0 fully saturated rings. The number of benzene rings is 2. The standard InChI is InChI=1S/C23H26O2/c1-18(16-20-10-13-21(14-11-20)23(2,3)4)17-25-22(24)15-12-19-8-6-5-7-9-19/h5-15,17H,16H2,1-4H3/b15-12+,18-17+. The molecule has 0 spiro atoms. The van der Waals surface area contributed by atoms with Gasteiger partial charge in [-0.2, -0.15) is 0 Å². The molecule has 0 N–H and O–H groups in total. The number of hydrogen-bond donors (Lipinski definition) is 0. The van der Waals surface area contributed by atoms with E-state index in [0.29, 0.717) is 0 Å². The minimum atomic E-state index is -0.369. The fraction of sp³-hybridized carbons (Fsp3) is 0.261. The average Bonchev–Trinajstić information content (AvgIpc) is 2.59. The number of carbonyl (C=O) groups excluding carboxylic acids is 1. The van der Waals surface area contributed by atoms with E-state index in [4.69, 9.17) is 4.74 Å². The van der Waals surface area contributed by atoms with Crippen LogP contribution in [-0.2, 0) is 21.4 Å². The summed E-state index contributed by atoms with van der Waals surface area (Å²) >= 11 is 0. The Labute approximate surface area is 150 Å². The van der Waals surface area contributed by atoms with E-state index in [2.05, 4.69) is 45.0 Å². The summed E-state index contributed by atoms with van der Waals surface area (Å²) in [5.41, 5.74) is 4.65. The molecular formula is C23H26O2. The smallest absolute Gasteiger partial charge is 0.335 e. The molecule has 0 unspecified atom stereocenters. The predicted octanol–water partition coefficient (Wildman–Crippen LogP) is 5.69. The number of esters is 1. The van der Waals surface area contributed by atoms with Gasteiger partial charge in [-0.3, -0.25) is 0 Å². The van der Waals surface area contributed by atoms with Crippen LogP contribution in [0.15, 0.2) is 72.5 Å². The quantitative estimate of drug-likeness (QED) is 0.399. The maximum absolute atomic E-state index is 11.8. The van der Waals surface area contributed by atoms with E-state index in [1.165, 1.54) is 23.5 Å². The number of ether oxygens (including phenoxy) is 1. The van der Waals surface area contributed by atoms with Gasteiger partial charge in [0.2, 0.25) is 0 Å². The Bertz CT molecular complexity index is 745. The normalized spacial score (nSPS) is 12.4. The van der Waals surface area contributed by atoms with E-state index in [0.717, 1.165) is 17.6 Å². The van der Waals surface area contributed by atoms with Crippen molar-refractivity contribution < 1.29 is 9.53 Å². The van der Waals surface area contributed by atoms with Crippen molar-refractivity contribution in [1.29, 1.82) is 0 Å². The van der Waals surface area contributed by atoms with Crippen LogP contribution in [0.3, 0.4) is 0 Å². The summed E-state index contributed by atoms with van der Waals surface area (Å²) in [5.74, 6) is -0.369. The molecule has 0 aliphatic carbocycles. The van der Waals surface area contributed by atoms with Gasteiger partial charge in [0.15, 0.2) is 0 Å². The molecule has 0 aromatic heterocycles. The summed E-state index contributed by atoms with van der Waals surface area (Å²) in [5, 5.41) is 0. The minimum Gasteiger partial charge on any atom is -0.431 e. The molecule has 2 nitrogen and oxygen atoms in total. The summed E-state index contributed by atoms with van der Waals surface area (Å²) in [6.45, 7) is 8.58. The SMILES string of the molecule is C/C(=C\OC(=O)/C=C/c1ccccc1)Cc1ccc(C(C)(C)C)cc1. The van der Waals surface area contributed by atoms with Gasteiger partial charge in [-0.1, -0.05) is 75.4 Å². The highest BCUT2D eigenvalue weighted by Crippen LogP contribution is 2.22. The molecule has 0 saturated carbocycles. The summed E-state index contributed by atoms with van der Waals surface area (Å²) < 4.78 is 5.19. The molecule has 0 saturated heterocycles. The molecule has 25 heavy (non-hydrogen) atoms. The molecule has 0 atom stereocenters. The monoisotopic (exact) mass is 334 g/mol. The lowest BCUT2D eigenvalue weighted by atomic mass is 9.86. The van der Waals surface area contributed by atoms with Crippen LogP contribution in [0.5, 0.6) is 0 Å². The van der Waals surface area contributed by atoms with Gasteiger partial charge in [-0.15, -0.1) is 0 Å². The predicted molar refractivity (Wildman–Crippen MR) is 104 cm³/mol. The van der Waals surface area contributed by atoms with Crippen LogP contribution >= 0.6 is 0 Å². The highest BCUT2D eigenvalue weighted by molar-refractivity contribution is 5.87. The van der Waals surface area contributed by atoms with Crippen LogP contribution in [0, 0.1) is 0 Å². The van der Waals surface area contributed by atoms with Crippen molar-refractivity contribution in [2.45, 2.75) is 39.5 Å². The molecule has 0 heterocycles. The van der Waals surface area contributed by atoms with E-state index in [1.807, 2.05) is 37.3 Å². The molecular weight excluding hydrogens is 308 g/mol. The number of rotatable bonds is 5. The first kappa shape index (κ1) is 18.7. The fourth-order valence-electron chi connectivity index (χ4n) is 2.41. The van der Waals surface area contributed by atoms with Crippen molar-refractivity contribution in [3.63, 3.8) is 0 Å². The Balaban J connectivity index is 1.89. The topological polar surface area (TPSA) is 26.3 Å². The van der Waals surface area contributed by atoms with E-state index in [-0.39, 0.29) is 11.4 Å². The zero-order chi connectivity index (χ0) is 18.3. The van der Waals surface area contributed by atoms with E-state index >= 15 is 0 Å². The van der Waals surface area contributed by atoms with Gasteiger partial charge in [0, 0.05) is 6.08 Å². The van der Waals surface area contributed by atoms with E-state index < -0.39 is 0 Å². The molecule has 0 amide bonds.